The van der Waals surface area contributed by atoms with Crippen LogP contribution in [0.3, 0.4) is 0 Å². The molecule has 0 radical (unpaired) electrons. The molecule has 0 amide bonds. The van der Waals surface area contributed by atoms with E-state index in [0.29, 0.717) is 0 Å². The van der Waals surface area contributed by atoms with Crippen molar-refractivity contribution in [3.63, 3.8) is 0 Å². The highest BCUT2D eigenvalue weighted by Crippen LogP contribution is 2.13. The van der Waals surface area contributed by atoms with Crippen molar-refractivity contribution >= 4 is 19.8 Å². The van der Waals surface area contributed by atoms with Gasteiger partial charge in [-0.15, -0.1) is 0 Å². The molecule has 1 aromatic carbocycles. The third-order valence-electron chi connectivity index (χ3n) is 2.90. The summed E-state index contributed by atoms with van der Waals surface area (Å²) in [5.74, 6) is -0.0458. The maximum Gasteiger partial charge on any atom is 0.218 e. The highest BCUT2D eigenvalue weighted by atomic mass is 28.4. The molecular formula is C13H20O2Si. The largest absolute Gasteiger partial charge is 0.410 e. The Morgan fingerprint density at radius 3 is 2.25 bits per heavy atom. The molecule has 0 aliphatic carbocycles. The summed E-state index contributed by atoms with van der Waals surface area (Å²) >= 11 is 0. The molecule has 0 aliphatic heterocycles. The predicted octanol–water partition coefficient (Wildman–Crippen LogP) is 2.34. The van der Waals surface area contributed by atoms with Crippen molar-refractivity contribution in [2.75, 3.05) is 0 Å². The van der Waals surface area contributed by atoms with E-state index in [1.54, 1.807) is 0 Å². The molecule has 0 saturated heterocycles. The molecular weight excluding hydrogens is 216 g/mol. The molecule has 0 heterocycles. The van der Waals surface area contributed by atoms with Gasteiger partial charge >= 0.3 is 0 Å². The fraction of sp³-hybridized carbons (Fsp3) is 0.462. The summed E-state index contributed by atoms with van der Waals surface area (Å²) in [5.41, 5.74) is 0. The minimum absolute atomic E-state index is 0.0145. The Kier molecular flexibility index (Phi) is 4.44. The Balaban J connectivity index is 2.76. The van der Waals surface area contributed by atoms with Crippen LogP contribution in [0.15, 0.2) is 30.3 Å². The Morgan fingerprint density at radius 2 is 1.75 bits per heavy atom. The van der Waals surface area contributed by atoms with Crippen LogP contribution in [0, 0.1) is 5.92 Å². The van der Waals surface area contributed by atoms with Crippen LogP contribution >= 0.6 is 0 Å². The summed E-state index contributed by atoms with van der Waals surface area (Å²) in [7, 11) is -1.88. The second-order valence-corrected chi connectivity index (χ2v) is 8.53. The van der Waals surface area contributed by atoms with E-state index in [1.807, 2.05) is 32.0 Å². The number of carbonyl (C=O) groups is 1. The van der Waals surface area contributed by atoms with Gasteiger partial charge in [0.2, 0.25) is 8.32 Å². The molecule has 0 aliphatic rings. The van der Waals surface area contributed by atoms with Gasteiger partial charge in [0.15, 0.2) is 0 Å². The maximum atomic E-state index is 10.7. The third kappa shape index (κ3) is 3.28. The first-order chi connectivity index (χ1) is 7.47. The molecule has 2 nitrogen and oxygen atoms in total. The van der Waals surface area contributed by atoms with Gasteiger partial charge in [-0.3, -0.25) is 0 Å². The third-order valence-corrected chi connectivity index (χ3v) is 5.59. The molecule has 0 bridgehead atoms. The van der Waals surface area contributed by atoms with Crippen LogP contribution in [0.2, 0.25) is 13.1 Å². The zero-order valence-electron chi connectivity index (χ0n) is 10.4. The summed E-state index contributed by atoms with van der Waals surface area (Å²) in [6, 6.07) is 10.3. The van der Waals surface area contributed by atoms with Gasteiger partial charge in [-0.25, -0.2) is 0 Å². The van der Waals surface area contributed by atoms with Crippen molar-refractivity contribution in [1.29, 1.82) is 0 Å². The van der Waals surface area contributed by atoms with Crippen molar-refractivity contribution in [1.82, 2.24) is 0 Å². The van der Waals surface area contributed by atoms with Crippen molar-refractivity contribution < 1.29 is 9.22 Å². The molecule has 0 fully saturated rings. The van der Waals surface area contributed by atoms with Crippen LogP contribution in [0.1, 0.15) is 13.8 Å². The SMILES string of the molecule is C[C@@H](C=O)[C@@H](C)O[Si](C)(C)c1ccccc1. The van der Waals surface area contributed by atoms with Gasteiger partial charge in [-0.1, -0.05) is 37.3 Å². The van der Waals surface area contributed by atoms with E-state index >= 15 is 0 Å². The van der Waals surface area contributed by atoms with E-state index < -0.39 is 8.32 Å². The lowest BCUT2D eigenvalue weighted by molar-refractivity contribution is -0.112. The molecule has 1 rings (SSSR count). The summed E-state index contributed by atoms with van der Waals surface area (Å²) in [4.78, 5) is 10.7. The van der Waals surface area contributed by atoms with Crippen molar-refractivity contribution in [2.45, 2.75) is 33.0 Å². The molecule has 1 aromatic rings. The van der Waals surface area contributed by atoms with E-state index in [4.69, 9.17) is 4.43 Å². The second-order valence-electron chi connectivity index (χ2n) is 4.69. The molecule has 88 valence electrons. The molecule has 0 saturated carbocycles. The predicted molar refractivity (Wildman–Crippen MR) is 69.3 cm³/mol. The fourth-order valence-electron chi connectivity index (χ4n) is 1.59. The second kappa shape index (κ2) is 5.41. The summed E-state index contributed by atoms with van der Waals surface area (Å²) in [6.07, 6.45) is 0.944. The van der Waals surface area contributed by atoms with Gasteiger partial charge < -0.3 is 9.22 Å². The van der Waals surface area contributed by atoms with E-state index in [-0.39, 0.29) is 12.0 Å². The first-order valence-electron chi connectivity index (χ1n) is 5.66. The number of carbonyl (C=O) groups excluding carboxylic acids is 1. The van der Waals surface area contributed by atoms with E-state index in [0.717, 1.165) is 6.29 Å². The van der Waals surface area contributed by atoms with Gasteiger partial charge in [0.1, 0.15) is 6.29 Å². The summed E-state index contributed by atoms with van der Waals surface area (Å²) in [6.45, 7) is 8.19. The zero-order valence-corrected chi connectivity index (χ0v) is 11.4. The number of hydrogen-bond donors (Lipinski definition) is 0. The maximum absolute atomic E-state index is 10.7. The molecule has 3 heteroatoms. The lowest BCUT2D eigenvalue weighted by Gasteiger charge is -2.29. The number of aldehydes is 1. The lowest BCUT2D eigenvalue weighted by atomic mass is 10.1. The summed E-state index contributed by atoms with van der Waals surface area (Å²) < 4.78 is 6.08. The topological polar surface area (TPSA) is 26.3 Å². The number of rotatable bonds is 5. The minimum Gasteiger partial charge on any atom is -0.410 e. The molecule has 0 aromatic heterocycles. The van der Waals surface area contributed by atoms with Gasteiger partial charge in [-0.05, 0) is 25.2 Å². The Morgan fingerprint density at radius 1 is 1.19 bits per heavy atom. The van der Waals surface area contributed by atoms with Crippen molar-refractivity contribution in [2.24, 2.45) is 5.92 Å². The molecule has 16 heavy (non-hydrogen) atoms. The van der Waals surface area contributed by atoms with E-state index in [9.17, 15) is 4.79 Å². The first kappa shape index (κ1) is 13.1. The molecule has 0 unspecified atom stereocenters. The van der Waals surface area contributed by atoms with Gasteiger partial charge in [0.25, 0.3) is 0 Å². The quantitative estimate of drug-likeness (QED) is 0.579. The molecule has 2 atom stereocenters. The zero-order chi connectivity index (χ0) is 12.2. The first-order valence-corrected chi connectivity index (χ1v) is 8.57. The summed E-state index contributed by atoms with van der Waals surface area (Å²) in [5, 5.41) is 1.26. The highest BCUT2D eigenvalue weighted by molar-refractivity contribution is 6.84. The monoisotopic (exact) mass is 236 g/mol. The Labute approximate surface area is 98.8 Å². The highest BCUT2D eigenvalue weighted by Gasteiger charge is 2.29. The van der Waals surface area contributed by atoms with Crippen molar-refractivity contribution in [3.8, 4) is 0 Å². The normalized spacial score (nSPS) is 15.5. The Bertz CT molecular complexity index is 335. The number of hydrogen-bond acceptors (Lipinski definition) is 2. The van der Waals surface area contributed by atoms with Gasteiger partial charge in [0.05, 0.1) is 6.10 Å². The fourth-order valence-corrected chi connectivity index (χ4v) is 3.87. The van der Waals surface area contributed by atoms with E-state index in [1.165, 1.54) is 5.19 Å². The average Bonchev–Trinajstić information content (AvgIpc) is 2.28. The minimum atomic E-state index is -1.88. The average molecular weight is 236 g/mol. The van der Waals surface area contributed by atoms with Crippen LogP contribution in [-0.4, -0.2) is 20.7 Å². The lowest BCUT2D eigenvalue weighted by Crippen LogP contribution is -2.48. The smallest absolute Gasteiger partial charge is 0.218 e. The molecule has 0 spiro atoms. The van der Waals surface area contributed by atoms with Crippen molar-refractivity contribution in [3.05, 3.63) is 30.3 Å². The van der Waals surface area contributed by atoms with Crippen LogP contribution in [0.5, 0.6) is 0 Å². The van der Waals surface area contributed by atoms with Gasteiger partial charge in [-0.2, -0.15) is 0 Å². The van der Waals surface area contributed by atoms with Crippen LogP contribution in [0.25, 0.3) is 0 Å². The Hall–Kier alpha value is -0.933. The number of benzene rings is 1. The van der Waals surface area contributed by atoms with E-state index in [2.05, 4.69) is 25.2 Å². The van der Waals surface area contributed by atoms with Crippen LogP contribution < -0.4 is 5.19 Å². The molecule has 0 N–H and O–H groups in total. The van der Waals surface area contributed by atoms with Gasteiger partial charge in [0, 0.05) is 5.92 Å². The van der Waals surface area contributed by atoms with Crippen LogP contribution in [-0.2, 0) is 9.22 Å². The van der Waals surface area contributed by atoms with Crippen LogP contribution in [0.4, 0.5) is 0 Å². The standard InChI is InChI=1S/C13H20O2Si/c1-11(10-14)12(2)15-16(3,4)13-8-6-5-7-9-13/h5-12H,1-4H3/t11-,12+/m0/s1.